The Morgan fingerprint density at radius 3 is 1.82 bits per heavy atom. The van der Waals surface area contributed by atoms with E-state index in [1.54, 1.807) is 6.49 Å². The van der Waals surface area contributed by atoms with Crippen LogP contribution >= 0.6 is 11.6 Å². The maximum atomic E-state index is 6.82. The summed E-state index contributed by atoms with van der Waals surface area (Å²) in [6.45, 7) is 18.8. The van der Waals surface area contributed by atoms with Gasteiger partial charge < -0.3 is 24.8 Å². The summed E-state index contributed by atoms with van der Waals surface area (Å²) in [5, 5.41) is 3.41. The van der Waals surface area contributed by atoms with Gasteiger partial charge in [0.15, 0.2) is 0 Å². The van der Waals surface area contributed by atoms with Crippen LogP contribution in [0.25, 0.3) is 21.9 Å². The van der Waals surface area contributed by atoms with E-state index in [2.05, 4.69) is 159 Å². The van der Waals surface area contributed by atoms with E-state index in [-0.39, 0.29) is 35.6 Å². The summed E-state index contributed by atoms with van der Waals surface area (Å²) >= 11 is 3.94. The second kappa shape index (κ2) is 14.2. The van der Waals surface area contributed by atoms with Gasteiger partial charge in [0.25, 0.3) is 0 Å². The fraction of sp³-hybridized carbons (Fsp3) is 0.267. The monoisotopic (exact) mass is 780 g/mol. The summed E-state index contributed by atoms with van der Waals surface area (Å²) < 4.78 is 3.54. The molecule has 0 bridgehead atoms. The number of allylic oxidation sites excluding steroid dienone is 4. The van der Waals surface area contributed by atoms with Gasteiger partial charge >= 0.3 is 296 Å². The number of rotatable bonds is 4. The maximum absolute atomic E-state index is 6.82. The van der Waals surface area contributed by atoms with Gasteiger partial charge in [-0.2, -0.15) is 0 Å². The molecule has 0 spiro atoms. The van der Waals surface area contributed by atoms with Crippen molar-refractivity contribution < 1.29 is 46.1 Å². The van der Waals surface area contributed by atoms with Crippen molar-refractivity contribution in [2.45, 2.75) is 76.3 Å². The van der Waals surface area contributed by atoms with Crippen molar-refractivity contribution >= 4 is 25.6 Å². The normalized spacial score (nSPS) is 14.1. The first kappa shape index (κ1) is 37.7. The zero-order chi connectivity index (χ0) is 33.2. The van der Waals surface area contributed by atoms with E-state index < -0.39 is 21.3 Å². The molecule has 4 heteroatoms. The minimum Gasteiger partial charge on any atom is -1.00 e. The molecule has 0 unspecified atom stereocenters. The standard InChI is InChI=1S/C23H29.C17H11Cl.C5H5.2ClH.Zr/c1-14-9-16-11-17-10-15(2)21(23(6,7)8)13-19(17)18(16)12-20(14)22(3,4)5;18-16-9-3-5-13(12-16)11-15-8-4-7-14-6-1-2-10-17(14)15;1-2-4-5-3-1;;;/h9-13H,1-8H3;1-10,12H;1-3H,4H2;2*1H;/q;;;;;+2/p-2. The van der Waals surface area contributed by atoms with Crippen molar-refractivity contribution in [2.24, 2.45) is 0 Å². The summed E-state index contributed by atoms with van der Waals surface area (Å²) in [6.07, 6.45) is 8.16. The van der Waals surface area contributed by atoms with Crippen LogP contribution in [-0.4, -0.2) is 3.21 Å². The third-order valence-corrected chi connectivity index (χ3v) is 18.7. The molecule has 0 atom stereocenters. The Bertz CT molecular complexity index is 2090. The molecule has 0 saturated carbocycles. The molecule has 5 aromatic rings. The summed E-state index contributed by atoms with van der Waals surface area (Å²) in [5.74, 6) is 0. The molecule has 5 aromatic carbocycles. The van der Waals surface area contributed by atoms with E-state index in [1.165, 1.54) is 66.4 Å². The van der Waals surface area contributed by atoms with Gasteiger partial charge in [-0.1, -0.05) is 0 Å². The van der Waals surface area contributed by atoms with Gasteiger partial charge in [-0.25, -0.2) is 0 Å². The van der Waals surface area contributed by atoms with Crippen molar-refractivity contribution in [2.75, 3.05) is 0 Å². The Morgan fingerprint density at radius 2 is 1.27 bits per heavy atom. The Balaban J connectivity index is 0.00000234. The zero-order valence-electron chi connectivity index (χ0n) is 29.8. The third-order valence-electron chi connectivity index (χ3n) is 10.2. The predicted molar refractivity (Wildman–Crippen MR) is 201 cm³/mol. The zero-order valence-corrected chi connectivity index (χ0v) is 34.5. The molecule has 0 aromatic heterocycles. The molecule has 0 radical (unpaired) electrons. The smallest absolute Gasteiger partial charge is 1.00 e. The first-order valence-corrected chi connectivity index (χ1v) is 21.2. The van der Waals surface area contributed by atoms with Crippen LogP contribution in [0.5, 0.6) is 0 Å². The van der Waals surface area contributed by atoms with Crippen LogP contribution in [0.2, 0.25) is 5.02 Å². The molecule has 0 nitrogen and oxygen atoms in total. The topological polar surface area (TPSA) is 0 Å². The van der Waals surface area contributed by atoms with Crippen molar-refractivity contribution in [1.29, 1.82) is 0 Å². The number of halogens is 3. The summed E-state index contributed by atoms with van der Waals surface area (Å²) in [6, 6.07) is 34.8. The molecule has 2 aliphatic rings. The van der Waals surface area contributed by atoms with Crippen LogP contribution in [0, 0.1) is 13.8 Å². The van der Waals surface area contributed by atoms with Crippen molar-refractivity contribution in [1.82, 2.24) is 0 Å². The molecule has 0 saturated heterocycles. The first-order valence-electron chi connectivity index (χ1n) is 17.0. The van der Waals surface area contributed by atoms with Gasteiger partial charge in [0.05, 0.1) is 0 Å². The number of hydrogen-bond donors (Lipinski definition) is 0. The average molecular weight is 783 g/mol. The second-order valence-corrected chi connectivity index (χ2v) is 22.3. The fourth-order valence-corrected chi connectivity index (χ4v) is 17.4. The quantitative estimate of drug-likeness (QED) is 0.195. The van der Waals surface area contributed by atoms with E-state index in [9.17, 15) is 0 Å². The van der Waals surface area contributed by atoms with E-state index in [0.29, 0.717) is 3.63 Å². The minimum absolute atomic E-state index is 0. The van der Waals surface area contributed by atoms with Crippen molar-refractivity contribution in [3.8, 4) is 11.1 Å². The number of aryl methyl sites for hydroxylation is 2. The summed E-state index contributed by atoms with van der Waals surface area (Å²) in [7, 11) is 0. The van der Waals surface area contributed by atoms with Gasteiger partial charge in [0.2, 0.25) is 0 Å². The maximum Gasteiger partial charge on any atom is -1.00 e. The van der Waals surface area contributed by atoms with Crippen LogP contribution < -0.4 is 24.8 Å². The molecule has 7 rings (SSSR count). The van der Waals surface area contributed by atoms with E-state index in [4.69, 9.17) is 11.6 Å². The molecule has 0 fully saturated rings. The summed E-state index contributed by atoms with van der Waals surface area (Å²) in [4.78, 5) is 0. The first-order chi connectivity index (χ1) is 22.3. The Hall–Kier alpha value is -2.54. The Morgan fingerprint density at radius 1 is 0.694 bits per heavy atom. The molecular weight excluding hydrogens is 738 g/mol. The van der Waals surface area contributed by atoms with Crippen LogP contribution in [0.3, 0.4) is 0 Å². The minimum atomic E-state index is -2.89. The van der Waals surface area contributed by atoms with E-state index in [1.807, 2.05) is 6.07 Å². The van der Waals surface area contributed by atoms with Crippen LogP contribution in [0.4, 0.5) is 0 Å². The largest absolute Gasteiger partial charge is 1.00 e. The van der Waals surface area contributed by atoms with Gasteiger partial charge in [-0.05, 0) is 0 Å². The Kier molecular flexibility index (Phi) is 11.0. The van der Waals surface area contributed by atoms with Crippen molar-refractivity contribution in [3.05, 3.63) is 162 Å². The molecule has 250 valence electrons. The second-order valence-electron chi connectivity index (χ2n) is 15.6. The molecule has 0 amide bonds. The van der Waals surface area contributed by atoms with Crippen molar-refractivity contribution in [3.63, 3.8) is 0 Å². The Labute approximate surface area is 318 Å². The van der Waals surface area contributed by atoms with Gasteiger partial charge in [-0.15, -0.1) is 0 Å². The number of hydrogen-bond acceptors (Lipinski definition) is 0. The van der Waals surface area contributed by atoms with Crippen LogP contribution in [0.1, 0.15) is 96.1 Å². The predicted octanol–water partition coefficient (Wildman–Crippen LogP) is 6.51. The number of benzene rings is 5. The van der Waals surface area contributed by atoms with E-state index in [0.717, 1.165) is 11.4 Å². The third kappa shape index (κ3) is 6.91. The van der Waals surface area contributed by atoms with Crippen LogP contribution in [-0.2, 0) is 32.1 Å². The van der Waals surface area contributed by atoms with Crippen LogP contribution in [0.15, 0.2) is 113 Å². The molecule has 0 N–H and O–H groups in total. The molecule has 0 heterocycles. The van der Waals surface area contributed by atoms with Gasteiger partial charge in [-0.3, -0.25) is 0 Å². The number of fused-ring (bicyclic) bond motifs is 4. The van der Waals surface area contributed by atoms with E-state index >= 15 is 0 Å². The SMILES string of the molecule is Cc1cc2c(cc1C(C)(C)C)-c1cc(C(C)(C)C)c(C)cc1[CH]2/[Zr+2]([C]1=CC=CC1)=[C](/c1cccc(Cl)c1)c1cccc2ccccc12.[Cl-].[Cl-]. The molecular formula is C45H45Cl3Zr. The van der Waals surface area contributed by atoms with Gasteiger partial charge in [0, 0.05) is 0 Å². The fourth-order valence-electron chi connectivity index (χ4n) is 8.18. The summed E-state index contributed by atoms with van der Waals surface area (Å²) in [5.41, 5.74) is 14.4. The molecule has 0 aliphatic heterocycles. The van der Waals surface area contributed by atoms with Gasteiger partial charge in [0.1, 0.15) is 0 Å². The average Bonchev–Trinajstić information content (AvgIpc) is 3.64. The molecule has 2 aliphatic carbocycles. The molecule has 49 heavy (non-hydrogen) atoms.